The van der Waals surface area contributed by atoms with Gasteiger partial charge in [0.1, 0.15) is 0 Å². The van der Waals surface area contributed by atoms with Gasteiger partial charge < -0.3 is 10.3 Å². The number of hydrogen-bond donors (Lipinski definition) is 2. The third-order valence-electron chi connectivity index (χ3n) is 5.46. The predicted octanol–water partition coefficient (Wildman–Crippen LogP) is 5.74. The van der Waals surface area contributed by atoms with Crippen molar-refractivity contribution in [3.05, 3.63) is 90.8 Å². The lowest BCUT2D eigenvalue weighted by molar-refractivity contribution is -0.116. The Morgan fingerprint density at radius 1 is 0.903 bits per heavy atom. The number of hydrogen-bond acceptors (Lipinski definition) is 3. The Hall–Kier alpha value is -3.99. The van der Waals surface area contributed by atoms with E-state index in [0.29, 0.717) is 6.42 Å². The van der Waals surface area contributed by atoms with Gasteiger partial charge in [0, 0.05) is 40.8 Å². The summed E-state index contributed by atoms with van der Waals surface area (Å²) in [6.07, 6.45) is 5.33. The number of aromatic amines is 1. The van der Waals surface area contributed by atoms with Gasteiger partial charge in [-0.05, 0) is 48.7 Å². The van der Waals surface area contributed by atoms with Crippen molar-refractivity contribution in [3.8, 4) is 11.4 Å². The molecular weight excluding hydrogens is 384 g/mol. The van der Waals surface area contributed by atoms with Crippen LogP contribution < -0.4 is 5.32 Å². The first-order valence-electron chi connectivity index (χ1n) is 10.4. The monoisotopic (exact) mass is 406 g/mol. The van der Waals surface area contributed by atoms with Crippen LogP contribution in [0.2, 0.25) is 0 Å². The molecule has 3 aromatic heterocycles. The molecule has 5 nitrogen and oxygen atoms in total. The second-order valence-corrected chi connectivity index (χ2v) is 7.55. The highest BCUT2D eigenvalue weighted by Crippen LogP contribution is 2.31. The van der Waals surface area contributed by atoms with E-state index >= 15 is 0 Å². The molecular formula is C26H22N4O. The van der Waals surface area contributed by atoms with Gasteiger partial charge in [-0.3, -0.25) is 9.78 Å². The molecule has 0 aliphatic heterocycles. The van der Waals surface area contributed by atoms with Crippen LogP contribution in [0.25, 0.3) is 33.2 Å². The van der Waals surface area contributed by atoms with Crippen molar-refractivity contribution in [1.29, 1.82) is 0 Å². The molecule has 5 heteroatoms. The number of fused-ring (bicyclic) bond motifs is 2. The van der Waals surface area contributed by atoms with Crippen LogP contribution in [0.5, 0.6) is 0 Å². The van der Waals surface area contributed by atoms with E-state index in [9.17, 15) is 4.79 Å². The lowest BCUT2D eigenvalue weighted by atomic mass is 10.0. The molecule has 31 heavy (non-hydrogen) atoms. The van der Waals surface area contributed by atoms with Gasteiger partial charge in [0.25, 0.3) is 0 Å². The normalized spacial score (nSPS) is 11.1. The number of pyridine rings is 2. The summed E-state index contributed by atoms with van der Waals surface area (Å²) in [5.41, 5.74) is 5.99. The molecule has 0 unspecified atom stereocenters. The van der Waals surface area contributed by atoms with E-state index in [2.05, 4.69) is 45.6 Å². The van der Waals surface area contributed by atoms with Gasteiger partial charge in [-0.25, -0.2) is 4.98 Å². The smallest absolute Gasteiger partial charge is 0.224 e. The van der Waals surface area contributed by atoms with Crippen LogP contribution in [0.4, 0.5) is 5.69 Å². The van der Waals surface area contributed by atoms with Crippen LogP contribution >= 0.6 is 0 Å². The quantitative estimate of drug-likeness (QED) is 0.378. The molecule has 0 atom stereocenters. The zero-order valence-electron chi connectivity index (χ0n) is 17.0. The topological polar surface area (TPSA) is 70.7 Å². The summed E-state index contributed by atoms with van der Waals surface area (Å²) in [6.45, 7) is 0. The fraction of sp³-hybridized carbons (Fsp3) is 0.115. The number of nitrogens with zero attached hydrogens (tertiary/aromatic N) is 2. The van der Waals surface area contributed by atoms with Gasteiger partial charge in [0.2, 0.25) is 5.91 Å². The van der Waals surface area contributed by atoms with Crippen molar-refractivity contribution >= 4 is 33.4 Å². The third kappa shape index (κ3) is 4.03. The lowest BCUT2D eigenvalue weighted by Crippen LogP contribution is -2.11. The first-order valence-corrected chi connectivity index (χ1v) is 10.4. The van der Waals surface area contributed by atoms with Gasteiger partial charge >= 0.3 is 0 Å². The van der Waals surface area contributed by atoms with E-state index in [1.807, 2.05) is 30.3 Å². The maximum absolute atomic E-state index is 12.4. The Morgan fingerprint density at radius 2 is 1.71 bits per heavy atom. The molecule has 0 bridgehead atoms. The first-order chi connectivity index (χ1) is 15.3. The van der Waals surface area contributed by atoms with Gasteiger partial charge in [0.15, 0.2) is 0 Å². The number of carbonyl (C=O) groups is 1. The average Bonchev–Trinajstić information content (AvgIpc) is 3.18. The Kier molecular flexibility index (Phi) is 5.15. The molecule has 0 fully saturated rings. The molecule has 3 heterocycles. The second kappa shape index (κ2) is 8.40. The minimum atomic E-state index is 0.0106. The minimum Gasteiger partial charge on any atom is -0.353 e. The number of H-pyrrole nitrogens is 1. The highest BCUT2D eigenvalue weighted by atomic mass is 16.1. The molecule has 2 N–H and O–H groups in total. The van der Waals surface area contributed by atoms with Crippen molar-refractivity contribution in [3.63, 3.8) is 0 Å². The standard InChI is InChI=1S/C26H22N4O/c31-25(28-19-14-16-27-17-15-19)11-5-8-21-20-7-2-4-10-23(20)30-26(21)24-13-12-18-6-1-3-9-22(18)29-24/h1-4,6-7,9-10,12-17,30H,5,8,11H2,(H,27,28,31). The first kappa shape index (κ1) is 19.0. The number of carbonyl (C=O) groups excluding carboxylic acids is 1. The summed E-state index contributed by atoms with van der Waals surface area (Å²) in [5, 5.41) is 5.23. The summed E-state index contributed by atoms with van der Waals surface area (Å²) >= 11 is 0. The van der Waals surface area contributed by atoms with E-state index in [0.717, 1.165) is 46.3 Å². The number of amides is 1. The molecule has 0 radical (unpaired) electrons. The van der Waals surface area contributed by atoms with Crippen molar-refractivity contribution in [1.82, 2.24) is 15.0 Å². The molecule has 2 aromatic carbocycles. The largest absolute Gasteiger partial charge is 0.353 e. The Balaban J connectivity index is 1.40. The van der Waals surface area contributed by atoms with Crippen LogP contribution in [-0.4, -0.2) is 20.9 Å². The molecule has 5 rings (SSSR count). The minimum absolute atomic E-state index is 0.0106. The predicted molar refractivity (Wildman–Crippen MR) is 125 cm³/mol. The Bertz CT molecular complexity index is 1360. The van der Waals surface area contributed by atoms with Crippen molar-refractivity contribution in [2.75, 3.05) is 5.32 Å². The van der Waals surface area contributed by atoms with Crippen molar-refractivity contribution < 1.29 is 4.79 Å². The Labute approximate surface area is 180 Å². The molecule has 0 aliphatic rings. The number of aromatic nitrogens is 3. The van der Waals surface area contributed by atoms with Crippen LogP contribution in [0.15, 0.2) is 85.2 Å². The van der Waals surface area contributed by atoms with E-state index in [-0.39, 0.29) is 5.91 Å². The molecule has 1 amide bonds. The van der Waals surface area contributed by atoms with Crippen LogP contribution in [0, 0.1) is 0 Å². The van der Waals surface area contributed by atoms with E-state index in [1.54, 1.807) is 24.5 Å². The lowest BCUT2D eigenvalue weighted by Gasteiger charge is -2.07. The summed E-state index contributed by atoms with van der Waals surface area (Å²) in [5.74, 6) is 0.0106. The van der Waals surface area contributed by atoms with E-state index < -0.39 is 0 Å². The summed E-state index contributed by atoms with van der Waals surface area (Å²) < 4.78 is 0. The van der Waals surface area contributed by atoms with Gasteiger partial charge in [-0.1, -0.05) is 42.5 Å². The number of nitrogens with one attached hydrogen (secondary N) is 2. The Morgan fingerprint density at radius 3 is 2.61 bits per heavy atom. The van der Waals surface area contributed by atoms with Gasteiger partial charge in [-0.2, -0.15) is 0 Å². The highest BCUT2D eigenvalue weighted by molar-refractivity contribution is 5.92. The molecule has 0 saturated carbocycles. The summed E-state index contributed by atoms with van der Waals surface area (Å²) in [4.78, 5) is 24.8. The number of benzene rings is 2. The van der Waals surface area contributed by atoms with Crippen LogP contribution in [0.3, 0.4) is 0 Å². The van der Waals surface area contributed by atoms with E-state index in [4.69, 9.17) is 4.98 Å². The number of aryl methyl sites for hydroxylation is 1. The maximum atomic E-state index is 12.4. The number of anilines is 1. The summed E-state index contributed by atoms with van der Waals surface area (Å²) in [6, 6.07) is 24.2. The van der Waals surface area contributed by atoms with Gasteiger partial charge in [0.05, 0.1) is 16.9 Å². The zero-order chi connectivity index (χ0) is 21.0. The van der Waals surface area contributed by atoms with E-state index in [1.165, 1.54) is 10.9 Å². The third-order valence-corrected chi connectivity index (χ3v) is 5.46. The molecule has 0 spiro atoms. The van der Waals surface area contributed by atoms with Crippen LogP contribution in [0.1, 0.15) is 18.4 Å². The average molecular weight is 406 g/mol. The fourth-order valence-corrected chi connectivity index (χ4v) is 3.97. The number of rotatable bonds is 6. The van der Waals surface area contributed by atoms with Crippen molar-refractivity contribution in [2.24, 2.45) is 0 Å². The van der Waals surface area contributed by atoms with Gasteiger partial charge in [-0.15, -0.1) is 0 Å². The second-order valence-electron chi connectivity index (χ2n) is 7.55. The number of para-hydroxylation sites is 2. The highest BCUT2D eigenvalue weighted by Gasteiger charge is 2.15. The fourth-order valence-electron chi connectivity index (χ4n) is 3.97. The summed E-state index contributed by atoms with van der Waals surface area (Å²) in [7, 11) is 0. The van der Waals surface area contributed by atoms with Crippen molar-refractivity contribution in [2.45, 2.75) is 19.3 Å². The maximum Gasteiger partial charge on any atom is 0.224 e. The zero-order valence-corrected chi connectivity index (χ0v) is 17.0. The molecule has 0 saturated heterocycles. The molecule has 152 valence electrons. The molecule has 0 aliphatic carbocycles. The van der Waals surface area contributed by atoms with Crippen LogP contribution in [-0.2, 0) is 11.2 Å². The SMILES string of the molecule is O=C(CCCc1c(-c2ccc3ccccc3n2)[nH]c2ccccc12)Nc1ccncc1. The molecule has 5 aromatic rings.